The number of nitrogens with zero attached hydrogens (tertiary/aromatic N) is 1. The number of carbonyl (C=O) groups excluding carboxylic acids is 1. The summed E-state index contributed by atoms with van der Waals surface area (Å²) in [6, 6.07) is 14.8. The molecule has 0 aliphatic heterocycles. The van der Waals surface area contributed by atoms with Gasteiger partial charge in [-0.05, 0) is 36.1 Å². The van der Waals surface area contributed by atoms with Crippen molar-refractivity contribution in [2.75, 3.05) is 5.32 Å². The van der Waals surface area contributed by atoms with Crippen molar-refractivity contribution in [1.29, 1.82) is 0 Å². The van der Waals surface area contributed by atoms with E-state index in [1.807, 2.05) is 42.5 Å². The molecule has 6 heteroatoms. The number of oxazole rings is 1. The molecule has 0 fully saturated rings. The maximum absolute atomic E-state index is 12.3. The molecule has 2 N–H and O–H groups in total. The second-order valence-electron chi connectivity index (χ2n) is 6.15. The van der Waals surface area contributed by atoms with Gasteiger partial charge in [0.15, 0.2) is 11.5 Å². The molecule has 0 aliphatic rings. The summed E-state index contributed by atoms with van der Waals surface area (Å²) in [5.74, 6) is 0.364. The SMILES string of the molecule is Cc1nc2cccc(NC(=O)CCc3cc4ccccc4[nH]c3=O)c2o1. The maximum Gasteiger partial charge on any atom is 0.251 e. The van der Waals surface area contributed by atoms with Gasteiger partial charge in [0.1, 0.15) is 5.52 Å². The number of para-hydroxylation sites is 2. The fraction of sp³-hybridized carbons (Fsp3) is 0.150. The van der Waals surface area contributed by atoms with E-state index >= 15 is 0 Å². The van der Waals surface area contributed by atoms with E-state index in [1.54, 1.807) is 13.0 Å². The summed E-state index contributed by atoms with van der Waals surface area (Å²) in [6.07, 6.45) is 0.558. The van der Waals surface area contributed by atoms with Crippen LogP contribution in [0.3, 0.4) is 0 Å². The van der Waals surface area contributed by atoms with Gasteiger partial charge in [0.25, 0.3) is 5.56 Å². The summed E-state index contributed by atoms with van der Waals surface area (Å²) >= 11 is 0. The van der Waals surface area contributed by atoms with Gasteiger partial charge in [-0.1, -0.05) is 24.3 Å². The fourth-order valence-corrected chi connectivity index (χ4v) is 3.00. The van der Waals surface area contributed by atoms with Crippen LogP contribution in [0, 0.1) is 6.92 Å². The lowest BCUT2D eigenvalue weighted by Gasteiger charge is -2.06. The molecule has 130 valence electrons. The highest BCUT2D eigenvalue weighted by Crippen LogP contribution is 2.24. The van der Waals surface area contributed by atoms with Gasteiger partial charge in [0.05, 0.1) is 5.69 Å². The number of aromatic amines is 1. The average Bonchev–Trinajstić information content (AvgIpc) is 3.01. The van der Waals surface area contributed by atoms with Crippen molar-refractivity contribution in [2.24, 2.45) is 0 Å². The van der Waals surface area contributed by atoms with Gasteiger partial charge in [-0.15, -0.1) is 0 Å². The van der Waals surface area contributed by atoms with Gasteiger partial charge in [0, 0.05) is 24.4 Å². The Morgan fingerprint density at radius 2 is 2.04 bits per heavy atom. The first-order valence-electron chi connectivity index (χ1n) is 8.37. The maximum atomic E-state index is 12.3. The van der Waals surface area contributed by atoms with E-state index in [0.717, 1.165) is 10.9 Å². The topological polar surface area (TPSA) is 88.0 Å². The molecule has 0 spiro atoms. The van der Waals surface area contributed by atoms with Gasteiger partial charge in [-0.2, -0.15) is 0 Å². The van der Waals surface area contributed by atoms with Crippen LogP contribution in [0.2, 0.25) is 0 Å². The summed E-state index contributed by atoms with van der Waals surface area (Å²) in [6.45, 7) is 1.76. The third-order valence-corrected chi connectivity index (χ3v) is 4.25. The number of aryl methyl sites for hydroxylation is 2. The van der Waals surface area contributed by atoms with Crippen molar-refractivity contribution in [3.63, 3.8) is 0 Å². The fourth-order valence-electron chi connectivity index (χ4n) is 3.00. The predicted molar refractivity (Wildman–Crippen MR) is 100 cm³/mol. The lowest BCUT2D eigenvalue weighted by molar-refractivity contribution is -0.116. The summed E-state index contributed by atoms with van der Waals surface area (Å²) in [4.78, 5) is 31.6. The Balaban J connectivity index is 1.50. The Hall–Kier alpha value is -3.41. The molecule has 26 heavy (non-hydrogen) atoms. The van der Waals surface area contributed by atoms with Gasteiger partial charge in [0.2, 0.25) is 5.91 Å². The molecule has 0 atom stereocenters. The van der Waals surface area contributed by atoms with Gasteiger partial charge in [-0.3, -0.25) is 9.59 Å². The number of nitrogens with one attached hydrogen (secondary N) is 2. The number of rotatable bonds is 4. The van der Waals surface area contributed by atoms with E-state index in [1.165, 1.54) is 0 Å². The van der Waals surface area contributed by atoms with Crippen LogP contribution in [0.1, 0.15) is 17.9 Å². The first-order valence-corrected chi connectivity index (χ1v) is 8.37. The molecule has 0 saturated heterocycles. The largest absolute Gasteiger partial charge is 0.439 e. The Morgan fingerprint density at radius 1 is 1.19 bits per heavy atom. The van der Waals surface area contributed by atoms with E-state index in [-0.39, 0.29) is 17.9 Å². The molecule has 0 saturated carbocycles. The van der Waals surface area contributed by atoms with Crippen LogP contribution in [-0.4, -0.2) is 15.9 Å². The van der Waals surface area contributed by atoms with Crippen molar-refractivity contribution >= 4 is 33.6 Å². The smallest absolute Gasteiger partial charge is 0.251 e. The standard InChI is InChI=1S/C20H17N3O3/c1-12-21-16-7-4-8-17(19(16)26-12)22-18(24)10-9-14-11-13-5-2-3-6-15(13)23-20(14)25/h2-8,11H,9-10H2,1H3,(H,22,24)(H,23,25). The number of anilines is 1. The summed E-state index contributed by atoms with van der Waals surface area (Å²) < 4.78 is 5.55. The number of amides is 1. The van der Waals surface area contributed by atoms with Crippen LogP contribution in [-0.2, 0) is 11.2 Å². The molecular formula is C20H17N3O3. The molecule has 1 amide bonds. The zero-order chi connectivity index (χ0) is 18.1. The molecule has 0 aliphatic carbocycles. The second-order valence-corrected chi connectivity index (χ2v) is 6.15. The van der Waals surface area contributed by atoms with E-state index in [9.17, 15) is 9.59 Å². The van der Waals surface area contributed by atoms with E-state index in [2.05, 4.69) is 15.3 Å². The lowest BCUT2D eigenvalue weighted by Crippen LogP contribution is -2.17. The highest BCUT2D eigenvalue weighted by Gasteiger charge is 2.11. The number of aromatic nitrogens is 2. The van der Waals surface area contributed by atoms with E-state index in [4.69, 9.17) is 4.42 Å². The normalized spacial score (nSPS) is 11.1. The van der Waals surface area contributed by atoms with Crippen LogP contribution in [0.15, 0.2) is 57.7 Å². The molecule has 2 heterocycles. The summed E-state index contributed by atoms with van der Waals surface area (Å²) in [5.41, 5.74) is 3.06. The molecule has 4 aromatic rings. The Bertz CT molecular complexity index is 1170. The van der Waals surface area contributed by atoms with Crippen LogP contribution >= 0.6 is 0 Å². The van der Waals surface area contributed by atoms with Gasteiger partial charge < -0.3 is 14.7 Å². The summed E-state index contributed by atoms with van der Waals surface area (Å²) in [5, 5.41) is 3.79. The summed E-state index contributed by atoms with van der Waals surface area (Å²) in [7, 11) is 0. The zero-order valence-electron chi connectivity index (χ0n) is 14.2. The van der Waals surface area contributed by atoms with Crippen molar-refractivity contribution in [3.05, 3.63) is 70.3 Å². The Kier molecular flexibility index (Phi) is 4.01. The van der Waals surface area contributed by atoms with Gasteiger partial charge in [-0.25, -0.2) is 4.98 Å². The highest BCUT2D eigenvalue weighted by molar-refractivity contribution is 5.98. The minimum atomic E-state index is -0.181. The quantitative estimate of drug-likeness (QED) is 0.591. The average molecular weight is 347 g/mol. The van der Waals surface area contributed by atoms with Crippen molar-refractivity contribution in [2.45, 2.75) is 19.8 Å². The highest BCUT2D eigenvalue weighted by atomic mass is 16.3. The lowest BCUT2D eigenvalue weighted by atomic mass is 10.1. The predicted octanol–water partition coefficient (Wildman–Crippen LogP) is 3.55. The number of fused-ring (bicyclic) bond motifs is 2. The molecule has 0 unspecified atom stereocenters. The minimum absolute atomic E-state index is 0.163. The molecule has 2 aromatic carbocycles. The number of hydrogen-bond donors (Lipinski definition) is 2. The molecule has 6 nitrogen and oxygen atoms in total. The van der Waals surface area contributed by atoms with Crippen LogP contribution in [0.5, 0.6) is 0 Å². The van der Waals surface area contributed by atoms with Crippen LogP contribution in [0.4, 0.5) is 5.69 Å². The van der Waals surface area contributed by atoms with Gasteiger partial charge >= 0.3 is 0 Å². The zero-order valence-corrected chi connectivity index (χ0v) is 14.2. The number of H-pyrrole nitrogens is 1. The first kappa shape index (κ1) is 16.1. The van der Waals surface area contributed by atoms with Crippen molar-refractivity contribution in [3.8, 4) is 0 Å². The van der Waals surface area contributed by atoms with E-state index < -0.39 is 0 Å². The Labute approximate surface area is 148 Å². The van der Waals surface area contributed by atoms with Crippen molar-refractivity contribution in [1.82, 2.24) is 9.97 Å². The second kappa shape index (κ2) is 6.48. The minimum Gasteiger partial charge on any atom is -0.439 e. The van der Waals surface area contributed by atoms with Crippen LogP contribution < -0.4 is 10.9 Å². The molecule has 0 radical (unpaired) electrons. The third-order valence-electron chi connectivity index (χ3n) is 4.25. The number of carbonyl (C=O) groups is 1. The monoisotopic (exact) mass is 347 g/mol. The number of pyridine rings is 1. The Morgan fingerprint density at radius 3 is 2.92 bits per heavy atom. The molecule has 0 bridgehead atoms. The number of benzene rings is 2. The molecule has 2 aromatic heterocycles. The number of hydrogen-bond acceptors (Lipinski definition) is 4. The first-order chi connectivity index (χ1) is 12.6. The van der Waals surface area contributed by atoms with Crippen LogP contribution in [0.25, 0.3) is 22.0 Å². The third kappa shape index (κ3) is 3.09. The molecule has 4 rings (SSSR count). The molecular weight excluding hydrogens is 330 g/mol. The van der Waals surface area contributed by atoms with E-state index in [0.29, 0.717) is 34.7 Å². The van der Waals surface area contributed by atoms with Crippen molar-refractivity contribution < 1.29 is 9.21 Å².